The summed E-state index contributed by atoms with van der Waals surface area (Å²) in [6.45, 7) is 0.0400. The van der Waals surface area contributed by atoms with Gasteiger partial charge in [-0.2, -0.15) is 0 Å². The molecule has 1 atom stereocenters. The van der Waals surface area contributed by atoms with Gasteiger partial charge < -0.3 is 10.4 Å². The molecular formula is C14H11BrClF2NO. The molecule has 6 heteroatoms. The Morgan fingerprint density at radius 3 is 2.65 bits per heavy atom. The molecule has 0 aliphatic rings. The lowest BCUT2D eigenvalue weighted by molar-refractivity contribution is 0.186. The smallest absolute Gasteiger partial charge is 0.129 e. The van der Waals surface area contributed by atoms with E-state index in [0.717, 1.165) is 22.7 Å². The van der Waals surface area contributed by atoms with Crippen LogP contribution in [0.3, 0.4) is 0 Å². The lowest BCUT2D eigenvalue weighted by Crippen LogP contribution is -2.13. The van der Waals surface area contributed by atoms with Crippen molar-refractivity contribution in [3.8, 4) is 0 Å². The Labute approximate surface area is 128 Å². The summed E-state index contributed by atoms with van der Waals surface area (Å²) in [5.41, 5.74) is 0.592. The second-order valence-electron chi connectivity index (χ2n) is 4.19. The first kappa shape index (κ1) is 15.2. The van der Waals surface area contributed by atoms with Gasteiger partial charge in [-0.05, 0) is 52.3 Å². The van der Waals surface area contributed by atoms with Gasteiger partial charge >= 0.3 is 0 Å². The first-order valence-electron chi connectivity index (χ1n) is 5.79. The van der Waals surface area contributed by atoms with Crippen molar-refractivity contribution >= 4 is 33.2 Å². The van der Waals surface area contributed by atoms with Gasteiger partial charge in [-0.1, -0.05) is 11.6 Å². The predicted octanol–water partition coefficient (Wildman–Crippen LogP) is 4.53. The molecule has 0 radical (unpaired) electrons. The third-order valence-electron chi connectivity index (χ3n) is 2.74. The minimum Gasteiger partial charge on any atom is -0.386 e. The Balaban J connectivity index is 2.06. The van der Waals surface area contributed by atoms with Crippen molar-refractivity contribution in [3.63, 3.8) is 0 Å². The van der Waals surface area contributed by atoms with Crippen molar-refractivity contribution in [1.82, 2.24) is 0 Å². The summed E-state index contributed by atoms with van der Waals surface area (Å²) in [6, 6.07) is 8.15. The van der Waals surface area contributed by atoms with E-state index in [9.17, 15) is 13.9 Å². The summed E-state index contributed by atoms with van der Waals surface area (Å²) in [5.74, 6) is -1.23. The van der Waals surface area contributed by atoms with Crippen LogP contribution in [0.1, 0.15) is 11.7 Å². The van der Waals surface area contributed by atoms with Crippen LogP contribution < -0.4 is 5.32 Å². The highest BCUT2D eigenvalue weighted by molar-refractivity contribution is 9.10. The number of benzene rings is 2. The molecule has 0 saturated heterocycles. The SMILES string of the molecule is OC(CNc1ccc(Br)c(Cl)c1)c1cc(F)ccc1F. The summed E-state index contributed by atoms with van der Waals surface area (Å²) in [5, 5.41) is 13.3. The summed E-state index contributed by atoms with van der Waals surface area (Å²) in [4.78, 5) is 0. The maximum Gasteiger partial charge on any atom is 0.129 e. The molecule has 20 heavy (non-hydrogen) atoms. The molecule has 2 rings (SSSR count). The molecule has 0 saturated carbocycles. The first-order chi connectivity index (χ1) is 9.47. The van der Waals surface area contributed by atoms with Gasteiger partial charge in [-0.3, -0.25) is 0 Å². The highest BCUT2D eigenvalue weighted by Gasteiger charge is 2.13. The lowest BCUT2D eigenvalue weighted by atomic mass is 10.1. The quantitative estimate of drug-likeness (QED) is 0.838. The second-order valence-corrected chi connectivity index (χ2v) is 5.45. The molecule has 0 bridgehead atoms. The molecule has 2 nitrogen and oxygen atoms in total. The molecule has 106 valence electrons. The molecular weight excluding hydrogens is 352 g/mol. The molecule has 0 heterocycles. The fraction of sp³-hybridized carbons (Fsp3) is 0.143. The van der Waals surface area contributed by atoms with E-state index in [4.69, 9.17) is 11.6 Å². The number of aliphatic hydroxyl groups is 1. The minimum absolute atomic E-state index is 0.0400. The average Bonchev–Trinajstić information content (AvgIpc) is 2.42. The highest BCUT2D eigenvalue weighted by Crippen LogP contribution is 2.26. The van der Waals surface area contributed by atoms with Gasteiger partial charge in [0.25, 0.3) is 0 Å². The molecule has 2 aromatic rings. The Kier molecular flexibility index (Phi) is 4.96. The molecule has 1 unspecified atom stereocenters. The fourth-order valence-electron chi connectivity index (χ4n) is 1.70. The zero-order valence-electron chi connectivity index (χ0n) is 10.2. The van der Waals surface area contributed by atoms with Crippen LogP contribution in [0.15, 0.2) is 40.9 Å². The van der Waals surface area contributed by atoms with E-state index in [-0.39, 0.29) is 12.1 Å². The number of anilines is 1. The van der Waals surface area contributed by atoms with E-state index in [1.54, 1.807) is 18.2 Å². The van der Waals surface area contributed by atoms with Crippen LogP contribution in [-0.2, 0) is 0 Å². The molecule has 2 N–H and O–H groups in total. The van der Waals surface area contributed by atoms with E-state index in [1.165, 1.54) is 0 Å². The van der Waals surface area contributed by atoms with Gasteiger partial charge in [-0.25, -0.2) is 8.78 Å². The van der Waals surface area contributed by atoms with Crippen LogP contribution >= 0.6 is 27.5 Å². The van der Waals surface area contributed by atoms with E-state index in [1.807, 2.05) is 0 Å². The molecule has 2 aromatic carbocycles. The van der Waals surface area contributed by atoms with E-state index in [0.29, 0.717) is 10.7 Å². The monoisotopic (exact) mass is 361 g/mol. The van der Waals surface area contributed by atoms with Crippen molar-refractivity contribution in [2.45, 2.75) is 6.10 Å². The van der Waals surface area contributed by atoms with E-state index < -0.39 is 17.7 Å². The Morgan fingerprint density at radius 2 is 1.95 bits per heavy atom. The highest BCUT2D eigenvalue weighted by atomic mass is 79.9. The number of aliphatic hydroxyl groups excluding tert-OH is 1. The van der Waals surface area contributed by atoms with Crippen LogP contribution in [-0.4, -0.2) is 11.7 Å². The molecule has 0 aromatic heterocycles. The van der Waals surface area contributed by atoms with Crippen LogP contribution in [0.2, 0.25) is 5.02 Å². The number of nitrogens with one attached hydrogen (secondary N) is 1. The summed E-state index contributed by atoms with van der Waals surface area (Å²) in [6.07, 6.45) is -1.16. The number of halogens is 4. The normalized spacial score (nSPS) is 12.2. The fourth-order valence-corrected chi connectivity index (χ4v) is 2.13. The van der Waals surface area contributed by atoms with Gasteiger partial charge in [0.2, 0.25) is 0 Å². The van der Waals surface area contributed by atoms with Gasteiger partial charge in [-0.15, -0.1) is 0 Å². The van der Waals surface area contributed by atoms with Crippen molar-refractivity contribution < 1.29 is 13.9 Å². The van der Waals surface area contributed by atoms with Crippen molar-refractivity contribution in [1.29, 1.82) is 0 Å². The average molecular weight is 363 g/mol. The maximum atomic E-state index is 13.5. The Morgan fingerprint density at radius 1 is 1.20 bits per heavy atom. The van der Waals surface area contributed by atoms with Crippen LogP contribution in [0.25, 0.3) is 0 Å². The summed E-state index contributed by atoms with van der Waals surface area (Å²) < 4.78 is 27.3. The lowest BCUT2D eigenvalue weighted by Gasteiger charge is -2.14. The third-order valence-corrected chi connectivity index (χ3v) is 3.97. The van der Waals surface area contributed by atoms with Crippen molar-refractivity contribution in [3.05, 3.63) is 63.1 Å². The second kappa shape index (κ2) is 6.52. The number of hydrogen-bond donors (Lipinski definition) is 2. The molecule has 0 aliphatic carbocycles. The van der Waals surface area contributed by atoms with Crippen molar-refractivity contribution in [2.75, 3.05) is 11.9 Å². The molecule has 0 spiro atoms. The van der Waals surface area contributed by atoms with Crippen molar-refractivity contribution in [2.24, 2.45) is 0 Å². The van der Waals surface area contributed by atoms with Gasteiger partial charge in [0.1, 0.15) is 11.6 Å². The maximum absolute atomic E-state index is 13.5. The van der Waals surface area contributed by atoms with E-state index >= 15 is 0 Å². The summed E-state index contributed by atoms with van der Waals surface area (Å²) >= 11 is 9.20. The summed E-state index contributed by atoms with van der Waals surface area (Å²) in [7, 11) is 0. The standard InChI is InChI=1S/C14H11BrClF2NO/c15-11-3-2-9(6-12(11)16)19-7-14(20)10-5-8(17)1-4-13(10)18/h1-6,14,19-20H,7H2. The first-order valence-corrected chi connectivity index (χ1v) is 6.96. The van der Waals surface area contributed by atoms with Gasteiger partial charge in [0, 0.05) is 22.3 Å². The topological polar surface area (TPSA) is 32.3 Å². The number of rotatable bonds is 4. The third kappa shape index (κ3) is 3.69. The molecule has 0 amide bonds. The zero-order chi connectivity index (χ0) is 14.7. The minimum atomic E-state index is -1.16. The molecule has 0 aliphatic heterocycles. The van der Waals surface area contributed by atoms with Crippen LogP contribution in [0, 0.1) is 11.6 Å². The van der Waals surface area contributed by atoms with Gasteiger partial charge in [0.05, 0.1) is 11.1 Å². The largest absolute Gasteiger partial charge is 0.386 e. The Bertz CT molecular complexity index is 624. The van der Waals surface area contributed by atoms with E-state index in [2.05, 4.69) is 21.2 Å². The Hall–Kier alpha value is -1.17. The van der Waals surface area contributed by atoms with Crippen LogP contribution in [0.4, 0.5) is 14.5 Å². The number of hydrogen-bond acceptors (Lipinski definition) is 2. The van der Waals surface area contributed by atoms with Crippen LogP contribution in [0.5, 0.6) is 0 Å². The predicted molar refractivity (Wildman–Crippen MR) is 79.0 cm³/mol. The van der Waals surface area contributed by atoms with Gasteiger partial charge in [0.15, 0.2) is 0 Å². The molecule has 0 fully saturated rings. The zero-order valence-corrected chi connectivity index (χ0v) is 12.5.